The van der Waals surface area contributed by atoms with Gasteiger partial charge in [0.25, 0.3) is 0 Å². The number of aromatic nitrogens is 2. The predicted molar refractivity (Wildman–Crippen MR) is 59.2 cm³/mol. The maximum absolute atomic E-state index is 5.56. The van der Waals surface area contributed by atoms with Crippen molar-refractivity contribution in [3.63, 3.8) is 0 Å². The van der Waals surface area contributed by atoms with Gasteiger partial charge >= 0.3 is 0 Å². The molecule has 0 fully saturated rings. The van der Waals surface area contributed by atoms with E-state index >= 15 is 0 Å². The molecule has 0 aliphatic carbocycles. The Balaban J connectivity index is 2.17. The van der Waals surface area contributed by atoms with Gasteiger partial charge in [0.05, 0.1) is 0 Å². The SMILES string of the molecule is NCc1cncc(Cc2ccccn2)c1. The summed E-state index contributed by atoms with van der Waals surface area (Å²) in [6.07, 6.45) is 6.26. The number of hydrogen-bond donors (Lipinski definition) is 1. The lowest BCUT2D eigenvalue weighted by Gasteiger charge is -2.02. The van der Waals surface area contributed by atoms with Crippen LogP contribution in [-0.2, 0) is 13.0 Å². The lowest BCUT2D eigenvalue weighted by Crippen LogP contribution is -1.99. The van der Waals surface area contributed by atoms with E-state index in [0.717, 1.165) is 23.2 Å². The van der Waals surface area contributed by atoms with E-state index in [4.69, 9.17) is 5.73 Å². The van der Waals surface area contributed by atoms with Gasteiger partial charge in [0.1, 0.15) is 0 Å². The minimum atomic E-state index is 0.531. The first kappa shape index (κ1) is 9.80. The van der Waals surface area contributed by atoms with Gasteiger partial charge in [-0.25, -0.2) is 0 Å². The van der Waals surface area contributed by atoms with Crippen LogP contribution in [0.2, 0.25) is 0 Å². The Hall–Kier alpha value is -1.74. The molecule has 2 aromatic heterocycles. The third-order valence-electron chi connectivity index (χ3n) is 2.20. The van der Waals surface area contributed by atoms with Gasteiger partial charge in [0.15, 0.2) is 0 Å². The Labute approximate surface area is 89.0 Å². The summed E-state index contributed by atoms with van der Waals surface area (Å²) in [4.78, 5) is 8.41. The maximum Gasteiger partial charge on any atom is 0.0447 e. The van der Waals surface area contributed by atoms with Gasteiger partial charge in [-0.05, 0) is 23.3 Å². The Morgan fingerprint density at radius 1 is 1.13 bits per heavy atom. The zero-order valence-corrected chi connectivity index (χ0v) is 8.43. The van der Waals surface area contributed by atoms with Crippen molar-refractivity contribution in [2.75, 3.05) is 0 Å². The Bertz CT molecular complexity index is 426. The molecular formula is C12H13N3. The summed E-state index contributed by atoms with van der Waals surface area (Å²) < 4.78 is 0. The zero-order chi connectivity index (χ0) is 10.5. The van der Waals surface area contributed by atoms with Crippen molar-refractivity contribution in [1.29, 1.82) is 0 Å². The molecule has 2 rings (SSSR count). The summed E-state index contributed by atoms with van der Waals surface area (Å²) in [6.45, 7) is 0.531. The molecule has 2 N–H and O–H groups in total. The first-order valence-corrected chi connectivity index (χ1v) is 4.91. The minimum Gasteiger partial charge on any atom is -0.326 e. The van der Waals surface area contributed by atoms with Crippen LogP contribution in [0, 0.1) is 0 Å². The van der Waals surface area contributed by atoms with Crippen LogP contribution in [0.4, 0.5) is 0 Å². The number of nitrogens with zero attached hydrogens (tertiary/aromatic N) is 2. The second-order valence-corrected chi connectivity index (χ2v) is 3.40. The van der Waals surface area contributed by atoms with E-state index in [9.17, 15) is 0 Å². The molecule has 0 amide bonds. The monoisotopic (exact) mass is 199 g/mol. The molecule has 0 atom stereocenters. The zero-order valence-electron chi connectivity index (χ0n) is 8.43. The van der Waals surface area contributed by atoms with Crippen molar-refractivity contribution >= 4 is 0 Å². The Morgan fingerprint density at radius 2 is 2.00 bits per heavy atom. The molecule has 2 aromatic rings. The van der Waals surface area contributed by atoms with Crippen LogP contribution in [0.3, 0.4) is 0 Å². The average Bonchev–Trinajstić information content (AvgIpc) is 2.31. The fraction of sp³-hybridized carbons (Fsp3) is 0.167. The van der Waals surface area contributed by atoms with Crippen molar-refractivity contribution in [3.8, 4) is 0 Å². The van der Waals surface area contributed by atoms with Gasteiger partial charge in [-0.15, -0.1) is 0 Å². The molecular weight excluding hydrogens is 186 g/mol. The Morgan fingerprint density at radius 3 is 2.73 bits per heavy atom. The second kappa shape index (κ2) is 4.66. The standard InChI is InChI=1S/C12H13N3/c13-7-11-5-10(8-14-9-11)6-12-3-1-2-4-15-12/h1-5,8-9H,6-7,13H2. The van der Waals surface area contributed by atoms with Gasteiger partial charge in [-0.1, -0.05) is 12.1 Å². The maximum atomic E-state index is 5.56. The van der Waals surface area contributed by atoms with Gasteiger partial charge in [0.2, 0.25) is 0 Å². The molecule has 3 nitrogen and oxygen atoms in total. The second-order valence-electron chi connectivity index (χ2n) is 3.40. The van der Waals surface area contributed by atoms with Crippen molar-refractivity contribution in [3.05, 3.63) is 59.7 Å². The quantitative estimate of drug-likeness (QED) is 0.815. The summed E-state index contributed by atoms with van der Waals surface area (Å²) in [5.74, 6) is 0. The van der Waals surface area contributed by atoms with Gasteiger partial charge in [-0.2, -0.15) is 0 Å². The summed E-state index contributed by atoms with van der Waals surface area (Å²) in [7, 11) is 0. The molecule has 0 bridgehead atoms. The van der Waals surface area contributed by atoms with Crippen LogP contribution in [0.15, 0.2) is 42.9 Å². The molecule has 0 saturated carbocycles. The fourth-order valence-corrected chi connectivity index (χ4v) is 1.46. The fourth-order valence-electron chi connectivity index (χ4n) is 1.46. The highest BCUT2D eigenvalue weighted by molar-refractivity contribution is 5.22. The van der Waals surface area contributed by atoms with Crippen LogP contribution in [0.1, 0.15) is 16.8 Å². The van der Waals surface area contributed by atoms with E-state index < -0.39 is 0 Å². The largest absolute Gasteiger partial charge is 0.326 e. The third kappa shape index (κ3) is 2.60. The molecule has 0 spiro atoms. The van der Waals surface area contributed by atoms with E-state index in [1.54, 1.807) is 12.4 Å². The topological polar surface area (TPSA) is 51.8 Å². The van der Waals surface area contributed by atoms with Crippen LogP contribution >= 0.6 is 0 Å². The van der Waals surface area contributed by atoms with Crippen molar-refractivity contribution < 1.29 is 0 Å². The first-order valence-electron chi connectivity index (χ1n) is 4.91. The molecule has 76 valence electrons. The molecule has 0 aliphatic heterocycles. The van der Waals surface area contributed by atoms with Gasteiger partial charge < -0.3 is 5.73 Å². The van der Waals surface area contributed by atoms with Crippen LogP contribution in [-0.4, -0.2) is 9.97 Å². The van der Waals surface area contributed by atoms with Crippen LogP contribution < -0.4 is 5.73 Å². The summed E-state index contributed by atoms with van der Waals surface area (Å²) in [5, 5.41) is 0. The summed E-state index contributed by atoms with van der Waals surface area (Å²) in [6, 6.07) is 7.98. The van der Waals surface area contributed by atoms with E-state index in [1.807, 2.05) is 24.4 Å². The number of rotatable bonds is 3. The normalized spacial score (nSPS) is 10.2. The molecule has 0 radical (unpaired) electrons. The summed E-state index contributed by atoms with van der Waals surface area (Å²) >= 11 is 0. The lowest BCUT2D eigenvalue weighted by molar-refractivity contribution is 1.01. The van der Waals surface area contributed by atoms with Crippen LogP contribution in [0.5, 0.6) is 0 Å². The molecule has 0 unspecified atom stereocenters. The molecule has 0 aliphatic rings. The Kier molecular flexibility index (Phi) is 3.05. The average molecular weight is 199 g/mol. The highest BCUT2D eigenvalue weighted by Crippen LogP contribution is 2.07. The lowest BCUT2D eigenvalue weighted by atomic mass is 10.1. The minimum absolute atomic E-state index is 0.531. The number of pyridine rings is 2. The van der Waals surface area contributed by atoms with E-state index in [0.29, 0.717) is 6.54 Å². The predicted octanol–water partition coefficient (Wildman–Crippen LogP) is 1.53. The van der Waals surface area contributed by atoms with E-state index in [1.165, 1.54) is 0 Å². The smallest absolute Gasteiger partial charge is 0.0447 e. The van der Waals surface area contributed by atoms with Crippen LogP contribution in [0.25, 0.3) is 0 Å². The molecule has 0 saturated heterocycles. The first-order chi connectivity index (χ1) is 7.38. The molecule has 0 aromatic carbocycles. The number of hydrogen-bond acceptors (Lipinski definition) is 3. The van der Waals surface area contributed by atoms with Crippen molar-refractivity contribution in [2.24, 2.45) is 5.73 Å². The van der Waals surface area contributed by atoms with Crippen molar-refractivity contribution in [2.45, 2.75) is 13.0 Å². The number of nitrogens with two attached hydrogens (primary N) is 1. The molecule has 3 heteroatoms. The van der Waals surface area contributed by atoms with E-state index in [2.05, 4.69) is 16.0 Å². The highest BCUT2D eigenvalue weighted by Gasteiger charge is 1.98. The molecule has 2 heterocycles. The van der Waals surface area contributed by atoms with E-state index in [-0.39, 0.29) is 0 Å². The third-order valence-corrected chi connectivity index (χ3v) is 2.20. The summed E-state index contributed by atoms with van der Waals surface area (Å²) in [5.41, 5.74) is 8.81. The molecule has 15 heavy (non-hydrogen) atoms. The highest BCUT2D eigenvalue weighted by atomic mass is 14.7. The van der Waals surface area contributed by atoms with Crippen molar-refractivity contribution in [1.82, 2.24) is 9.97 Å². The van der Waals surface area contributed by atoms with Gasteiger partial charge in [-0.3, -0.25) is 9.97 Å². The van der Waals surface area contributed by atoms with Gasteiger partial charge in [0, 0.05) is 37.3 Å².